The summed E-state index contributed by atoms with van der Waals surface area (Å²) < 4.78 is 5.57. The van der Waals surface area contributed by atoms with Crippen molar-refractivity contribution in [2.75, 3.05) is 6.54 Å². The predicted octanol–water partition coefficient (Wildman–Crippen LogP) is 3.91. The molecule has 3 nitrogen and oxygen atoms in total. The van der Waals surface area contributed by atoms with Gasteiger partial charge in [0.25, 0.3) is 5.91 Å². The lowest BCUT2D eigenvalue weighted by Gasteiger charge is -2.12. The zero-order valence-electron chi connectivity index (χ0n) is 11.8. The number of benzene rings is 1. The number of nitrogens with one attached hydrogen (secondary N) is 1. The Balaban J connectivity index is 2.09. The SMILES string of the molecule is CCC(CC)CNC(=O)c1cc2cc(C)ccc2o1. The Hall–Kier alpha value is -1.77. The van der Waals surface area contributed by atoms with Crippen molar-refractivity contribution in [1.82, 2.24) is 5.32 Å². The molecule has 1 aromatic heterocycles. The van der Waals surface area contributed by atoms with Gasteiger partial charge in [-0.05, 0) is 31.0 Å². The maximum atomic E-state index is 12.0. The fraction of sp³-hybridized carbons (Fsp3) is 0.438. The van der Waals surface area contributed by atoms with Gasteiger partial charge in [-0.25, -0.2) is 0 Å². The minimum Gasteiger partial charge on any atom is -0.451 e. The van der Waals surface area contributed by atoms with E-state index in [0.29, 0.717) is 18.2 Å². The molecule has 0 bridgehead atoms. The number of aryl methyl sites for hydroxylation is 1. The van der Waals surface area contributed by atoms with E-state index < -0.39 is 0 Å². The summed E-state index contributed by atoms with van der Waals surface area (Å²) in [5.74, 6) is 0.808. The van der Waals surface area contributed by atoms with Crippen molar-refractivity contribution in [2.24, 2.45) is 5.92 Å². The average Bonchev–Trinajstić information content (AvgIpc) is 2.82. The van der Waals surface area contributed by atoms with Crippen molar-refractivity contribution in [2.45, 2.75) is 33.6 Å². The lowest BCUT2D eigenvalue weighted by atomic mass is 10.0. The molecule has 0 saturated heterocycles. The molecule has 1 aromatic carbocycles. The smallest absolute Gasteiger partial charge is 0.287 e. The summed E-state index contributed by atoms with van der Waals surface area (Å²) in [4.78, 5) is 12.0. The van der Waals surface area contributed by atoms with Gasteiger partial charge in [0.2, 0.25) is 0 Å². The highest BCUT2D eigenvalue weighted by molar-refractivity contribution is 5.96. The van der Waals surface area contributed by atoms with E-state index in [-0.39, 0.29) is 5.91 Å². The van der Waals surface area contributed by atoms with Crippen molar-refractivity contribution in [3.05, 3.63) is 35.6 Å². The molecule has 1 heterocycles. The molecule has 0 aliphatic rings. The molecule has 19 heavy (non-hydrogen) atoms. The fourth-order valence-corrected chi connectivity index (χ4v) is 2.18. The Morgan fingerprint density at radius 2 is 2.00 bits per heavy atom. The highest BCUT2D eigenvalue weighted by Gasteiger charge is 2.13. The summed E-state index contributed by atoms with van der Waals surface area (Å²) in [6.07, 6.45) is 2.16. The van der Waals surface area contributed by atoms with Crippen LogP contribution in [-0.2, 0) is 0 Å². The topological polar surface area (TPSA) is 42.2 Å². The van der Waals surface area contributed by atoms with Gasteiger partial charge in [-0.2, -0.15) is 0 Å². The van der Waals surface area contributed by atoms with Gasteiger partial charge in [0.15, 0.2) is 5.76 Å². The van der Waals surface area contributed by atoms with Gasteiger partial charge >= 0.3 is 0 Å². The van der Waals surface area contributed by atoms with Crippen LogP contribution in [0.25, 0.3) is 11.0 Å². The van der Waals surface area contributed by atoms with Crippen LogP contribution in [0.15, 0.2) is 28.7 Å². The molecule has 2 rings (SSSR count). The Kier molecular flexibility index (Phi) is 4.25. The normalized spacial score (nSPS) is 11.2. The number of carbonyl (C=O) groups excluding carboxylic acids is 1. The fourth-order valence-electron chi connectivity index (χ4n) is 2.18. The molecule has 0 spiro atoms. The maximum Gasteiger partial charge on any atom is 0.287 e. The van der Waals surface area contributed by atoms with E-state index in [1.54, 1.807) is 0 Å². The van der Waals surface area contributed by atoms with Crippen LogP contribution in [0, 0.1) is 12.8 Å². The molecule has 1 N–H and O–H groups in total. The molecule has 0 atom stereocenters. The van der Waals surface area contributed by atoms with Crippen LogP contribution in [-0.4, -0.2) is 12.5 Å². The van der Waals surface area contributed by atoms with E-state index in [1.807, 2.05) is 31.2 Å². The summed E-state index contributed by atoms with van der Waals surface area (Å²) in [5, 5.41) is 3.92. The highest BCUT2D eigenvalue weighted by atomic mass is 16.3. The number of rotatable bonds is 5. The van der Waals surface area contributed by atoms with Crippen molar-refractivity contribution in [1.29, 1.82) is 0 Å². The van der Waals surface area contributed by atoms with Crippen LogP contribution in [0.5, 0.6) is 0 Å². The molecule has 3 heteroatoms. The predicted molar refractivity (Wildman–Crippen MR) is 77.4 cm³/mol. The van der Waals surface area contributed by atoms with Gasteiger partial charge in [0.05, 0.1) is 0 Å². The van der Waals surface area contributed by atoms with Gasteiger partial charge in [-0.15, -0.1) is 0 Å². The van der Waals surface area contributed by atoms with E-state index in [2.05, 4.69) is 19.2 Å². The Labute approximate surface area is 114 Å². The molecular weight excluding hydrogens is 238 g/mol. The summed E-state index contributed by atoms with van der Waals surface area (Å²) >= 11 is 0. The third-order valence-electron chi connectivity index (χ3n) is 3.60. The summed E-state index contributed by atoms with van der Waals surface area (Å²) in [6, 6.07) is 7.72. The Morgan fingerprint density at radius 3 is 2.68 bits per heavy atom. The monoisotopic (exact) mass is 259 g/mol. The van der Waals surface area contributed by atoms with Crippen LogP contribution >= 0.6 is 0 Å². The number of hydrogen-bond donors (Lipinski definition) is 1. The first-order valence-electron chi connectivity index (χ1n) is 6.92. The van der Waals surface area contributed by atoms with Gasteiger partial charge in [-0.1, -0.05) is 38.3 Å². The zero-order valence-corrected chi connectivity index (χ0v) is 11.8. The molecule has 1 amide bonds. The van der Waals surface area contributed by atoms with Crippen LogP contribution in [0.4, 0.5) is 0 Å². The van der Waals surface area contributed by atoms with Crippen molar-refractivity contribution in [3.63, 3.8) is 0 Å². The number of amides is 1. The molecule has 0 saturated carbocycles. The second kappa shape index (κ2) is 5.91. The number of hydrogen-bond acceptors (Lipinski definition) is 2. The second-order valence-corrected chi connectivity index (χ2v) is 5.04. The largest absolute Gasteiger partial charge is 0.451 e. The lowest BCUT2D eigenvalue weighted by molar-refractivity contribution is 0.0921. The summed E-state index contributed by atoms with van der Waals surface area (Å²) in [6.45, 7) is 7.02. The van der Waals surface area contributed by atoms with Crippen molar-refractivity contribution >= 4 is 16.9 Å². The third-order valence-corrected chi connectivity index (χ3v) is 3.60. The van der Waals surface area contributed by atoms with Crippen LogP contribution in [0.3, 0.4) is 0 Å². The zero-order chi connectivity index (χ0) is 13.8. The first-order chi connectivity index (χ1) is 9.13. The summed E-state index contributed by atoms with van der Waals surface area (Å²) in [5.41, 5.74) is 1.93. The molecule has 0 unspecified atom stereocenters. The quantitative estimate of drug-likeness (QED) is 0.884. The molecule has 2 aromatic rings. The highest BCUT2D eigenvalue weighted by Crippen LogP contribution is 2.20. The minimum absolute atomic E-state index is 0.124. The van der Waals surface area contributed by atoms with Crippen LogP contribution < -0.4 is 5.32 Å². The lowest BCUT2D eigenvalue weighted by Crippen LogP contribution is -2.28. The maximum absolute atomic E-state index is 12.0. The van der Waals surface area contributed by atoms with E-state index in [1.165, 1.54) is 0 Å². The van der Waals surface area contributed by atoms with Gasteiger partial charge < -0.3 is 9.73 Å². The summed E-state index contributed by atoms with van der Waals surface area (Å²) in [7, 11) is 0. The standard InChI is InChI=1S/C16H21NO2/c1-4-12(5-2)10-17-16(18)15-9-13-8-11(3)6-7-14(13)19-15/h6-9,12H,4-5,10H2,1-3H3,(H,17,18). The Bertz CT molecular complexity index is 567. The van der Waals surface area contributed by atoms with Crippen molar-refractivity contribution < 1.29 is 9.21 Å². The third kappa shape index (κ3) is 3.16. The molecule has 0 fully saturated rings. The second-order valence-electron chi connectivity index (χ2n) is 5.04. The van der Waals surface area contributed by atoms with E-state index in [4.69, 9.17) is 4.42 Å². The van der Waals surface area contributed by atoms with Gasteiger partial charge in [-0.3, -0.25) is 4.79 Å². The van der Waals surface area contributed by atoms with E-state index in [9.17, 15) is 4.79 Å². The molecule has 0 aliphatic carbocycles. The number of fused-ring (bicyclic) bond motifs is 1. The minimum atomic E-state index is -0.124. The van der Waals surface area contributed by atoms with Crippen LogP contribution in [0.1, 0.15) is 42.8 Å². The van der Waals surface area contributed by atoms with Gasteiger partial charge in [0, 0.05) is 11.9 Å². The Morgan fingerprint density at radius 1 is 1.26 bits per heavy atom. The van der Waals surface area contributed by atoms with Gasteiger partial charge in [0.1, 0.15) is 5.58 Å². The molecular formula is C16H21NO2. The first kappa shape index (κ1) is 13.7. The molecule has 0 radical (unpaired) electrons. The van der Waals surface area contributed by atoms with Crippen molar-refractivity contribution in [3.8, 4) is 0 Å². The van der Waals surface area contributed by atoms with E-state index in [0.717, 1.165) is 29.4 Å². The number of carbonyl (C=O) groups is 1. The first-order valence-corrected chi connectivity index (χ1v) is 6.92. The average molecular weight is 259 g/mol. The number of furan rings is 1. The molecule has 0 aliphatic heterocycles. The van der Waals surface area contributed by atoms with E-state index >= 15 is 0 Å². The molecule has 102 valence electrons. The van der Waals surface area contributed by atoms with Crippen LogP contribution in [0.2, 0.25) is 0 Å².